The third-order valence-electron chi connectivity index (χ3n) is 3.13. The van der Waals surface area contributed by atoms with Crippen molar-refractivity contribution in [3.05, 3.63) is 41.6 Å². The molecule has 0 bridgehead atoms. The Balaban J connectivity index is 1.52. The highest BCUT2D eigenvalue weighted by Gasteiger charge is 2.25. The van der Waals surface area contributed by atoms with E-state index < -0.39 is 0 Å². The smallest absolute Gasteiger partial charge is 0.181 e. The van der Waals surface area contributed by atoms with Gasteiger partial charge in [0.25, 0.3) is 0 Å². The van der Waals surface area contributed by atoms with Crippen molar-refractivity contribution in [2.75, 3.05) is 0 Å². The summed E-state index contributed by atoms with van der Waals surface area (Å²) in [6.45, 7) is 3.36. The molecule has 0 amide bonds. The molecule has 94 valence electrons. The van der Waals surface area contributed by atoms with Crippen LogP contribution in [0.15, 0.2) is 23.2 Å². The van der Waals surface area contributed by atoms with Crippen molar-refractivity contribution in [3.63, 3.8) is 0 Å². The molecule has 0 atom stereocenters. The van der Waals surface area contributed by atoms with Gasteiger partial charge in [0.15, 0.2) is 6.39 Å². The minimum absolute atomic E-state index is 0.616. The molecule has 0 saturated heterocycles. The normalized spacial score (nSPS) is 14.9. The summed E-state index contributed by atoms with van der Waals surface area (Å²) in [4.78, 5) is 12.9. The van der Waals surface area contributed by atoms with Crippen LogP contribution < -0.4 is 5.32 Å². The fraction of sp³-hybridized carbons (Fsp3) is 0.462. The lowest BCUT2D eigenvalue weighted by Gasteiger charge is -2.03. The van der Waals surface area contributed by atoms with E-state index in [2.05, 4.69) is 20.3 Å². The molecule has 3 rings (SSSR count). The lowest BCUT2D eigenvalue weighted by Crippen LogP contribution is -2.14. The molecule has 0 spiro atoms. The zero-order valence-electron chi connectivity index (χ0n) is 10.4. The molecule has 5 heteroatoms. The maximum atomic E-state index is 5.14. The Hall–Kier alpha value is -1.75. The summed E-state index contributed by atoms with van der Waals surface area (Å²) in [6, 6.07) is 0. The van der Waals surface area contributed by atoms with Crippen LogP contribution in [-0.4, -0.2) is 15.0 Å². The summed E-state index contributed by atoms with van der Waals surface area (Å²) in [5, 5.41) is 3.31. The fourth-order valence-corrected chi connectivity index (χ4v) is 1.83. The Morgan fingerprint density at radius 1 is 1.22 bits per heavy atom. The monoisotopic (exact) mass is 244 g/mol. The van der Waals surface area contributed by atoms with E-state index in [1.165, 1.54) is 19.2 Å². The van der Waals surface area contributed by atoms with Crippen LogP contribution in [0.4, 0.5) is 0 Å². The van der Waals surface area contributed by atoms with Crippen molar-refractivity contribution < 1.29 is 4.42 Å². The van der Waals surface area contributed by atoms with E-state index in [0.29, 0.717) is 12.5 Å². The molecule has 2 heterocycles. The molecular formula is C13H16N4O. The third-order valence-corrected chi connectivity index (χ3v) is 3.13. The highest BCUT2D eigenvalue weighted by Crippen LogP contribution is 2.37. The van der Waals surface area contributed by atoms with Gasteiger partial charge in [-0.15, -0.1) is 0 Å². The van der Waals surface area contributed by atoms with Gasteiger partial charge in [-0.1, -0.05) is 0 Å². The second-order valence-electron chi connectivity index (χ2n) is 4.68. The molecule has 2 aromatic heterocycles. The zero-order chi connectivity index (χ0) is 12.4. The minimum Gasteiger partial charge on any atom is -0.448 e. The van der Waals surface area contributed by atoms with Gasteiger partial charge in [-0.05, 0) is 19.8 Å². The first-order valence-corrected chi connectivity index (χ1v) is 6.23. The maximum absolute atomic E-state index is 5.14. The van der Waals surface area contributed by atoms with Crippen molar-refractivity contribution in [1.29, 1.82) is 0 Å². The maximum Gasteiger partial charge on any atom is 0.181 e. The number of rotatable bonds is 5. The predicted molar refractivity (Wildman–Crippen MR) is 65.8 cm³/mol. The van der Waals surface area contributed by atoms with Crippen molar-refractivity contribution in [2.45, 2.75) is 38.8 Å². The van der Waals surface area contributed by atoms with Crippen molar-refractivity contribution in [3.8, 4) is 0 Å². The fourth-order valence-electron chi connectivity index (χ4n) is 1.83. The molecule has 1 aliphatic rings. The Morgan fingerprint density at radius 2 is 2.00 bits per heavy atom. The van der Waals surface area contributed by atoms with Gasteiger partial charge in [0.05, 0.1) is 5.69 Å². The van der Waals surface area contributed by atoms with Gasteiger partial charge in [0.2, 0.25) is 0 Å². The zero-order valence-corrected chi connectivity index (χ0v) is 10.4. The standard InChI is InChI=1S/C13H16N4O/c1-9-12(17-8-18-9)7-14-4-10-5-15-13(16-6-10)11-2-3-11/h5-6,8,11,14H,2-4,7H2,1H3. The molecule has 5 nitrogen and oxygen atoms in total. The second-order valence-corrected chi connectivity index (χ2v) is 4.68. The van der Waals surface area contributed by atoms with Crippen LogP contribution in [0.2, 0.25) is 0 Å². The highest BCUT2D eigenvalue weighted by atomic mass is 16.3. The molecule has 18 heavy (non-hydrogen) atoms. The summed E-state index contributed by atoms with van der Waals surface area (Å²) in [5.74, 6) is 2.47. The van der Waals surface area contributed by atoms with E-state index in [0.717, 1.165) is 29.4 Å². The van der Waals surface area contributed by atoms with E-state index in [1.807, 2.05) is 19.3 Å². The van der Waals surface area contributed by atoms with Crippen LogP contribution in [0.5, 0.6) is 0 Å². The van der Waals surface area contributed by atoms with Gasteiger partial charge >= 0.3 is 0 Å². The number of nitrogens with one attached hydrogen (secondary N) is 1. The molecule has 0 radical (unpaired) electrons. The van der Waals surface area contributed by atoms with E-state index in [1.54, 1.807) is 0 Å². The van der Waals surface area contributed by atoms with E-state index >= 15 is 0 Å². The number of hydrogen-bond donors (Lipinski definition) is 1. The Bertz CT molecular complexity index is 516. The topological polar surface area (TPSA) is 63.8 Å². The van der Waals surface area contributed by atoms with Crippen LogP contribution in [0.1, 0.15) is 41.6 Å². The summed E-state index contributed by atoms with van der Waals surface area (Å²) < 4.78 is 5.14. The van der Waals surface area contributed by atoms with Crippen molar-refractivity contribution in [2.24, 2.45) is 0 Å². The number of oxazole rings is 1. The Kier molecular flexibility index (Phi) is 3.06. The summed E-state index contributed by atoms with van der Waals surface area (Å²) in [6.07, 6.45) is 7.76. The first-order chi connectivity index (χ1) is 8.83. The van der Waals surface area contributed by atoms with Crippen LogP contribution in [0.3, 0.4) is 0 Å². The van der Waals surface area contributed by atoms with E-state index in [-0.39, 0.29) is 0 Å². The van der Waals surface area contributed by atoms with Crippen LogP contribution in [0, 0.1) is 6.92 Å². The van der Waals surface area contributed by atoms with Crippen LogP contribution in [-0.2, 0) is 13.1 Å². The third kappa shape index (κ3) is 2.56. The summed E-state index contributed by atoms with van der Waals surface area (Å²) in [7, 11) is 0. The number of hydrogen-bond acceptors (Lipinski definition) is 5. The van der Waals surface area contributed by atoms with Crippen molar-refractivity contribution in [1.82, 2.24) is 20.3 Å². The van der Waals surface area contributed by atoms with Crippen LogP contribution in [0.25, 0.3) is 0 Å². The molecule has 1 saturated carbocycles. The first kappa shape index (κ1) is 11.3. The summed E-state index contributed by atoms with van der Waals surface area (Å²) in [5.41, 5.74) is 2.05. The minimum atomic E-state index is 0.616. The molecular weight excluding hydrogens is 228 g/mol. The molecule has 1 N–H and O–H groups in total. The average molecular weight is 244 g/mol. The number of aromatic nitrogens is 3. The molecule has 0 aromatic carbocycles. The van der Waals surface area contributed by atoms with Crippen LogP contribution >= 0.6 is 0 Å². The average Bonchev–Trinajstić information content (AvgIpc) is 3.16. The molecule has 1 fully saturated rings. The molecule has 0 aliphatic heterocycles. The number of nitrogens with zero attached hydrogens (tertiary/aromatic N) is 3. The van der Waals surface area contributed by atoms with E-state index in [4.69, 9.17) is 4.42 Å². The van der Waals surface area contributed by atoms with Gasteiger partial charge in [-0.2, -0.15) is 0 Å². The molecule has 2 aromatic rings. The van der Waals surface area contributed by atoms with Gasteiger partial charge in [-0.3, -0.25) is 0 Å². The Labute approximate surface area is 106 Å². The first-order valence-electron chi connectivity index (χ1n) is 6.23. The largest absolute Gasteiger partial charge is 0.448 e. The molecule has 1 aliphatic carbocycles. The second kappa shape index (κ2) is 4.86. The van der Waals surface area contributed by atoms with E-state index in [9.17, 15) is 0 Å². The summed E-state index contributed by atoms with van der Waals surface area (Å²) >= 11 is 0. The lowest BCUT2D eigenvalue weighted by atomic mass is 10.3. The van der Waals surface area contributed by atoms with Crippen molar-refractivity contribution >= 4 is 0 Å². The van der Waals surface area contributed by atoms with Gasteiger partial charge in [0.1, 0.15) is 11.6 Å². The predicted octanol–water partition coefficient (Wildman–Crippen LogP) is 1.94. The number of aryl methyl sites for hydroxylation is 1. The highest BCUT2D eigenvalue weighted by molar-refractivity contribution is 5.11. The quantitative estimate of drug-likeness (QED) is 0.870. The SMILES string of the molecule is Cc1ocnc1CNCc1cnc(C2CC2)nc1. The Morgan fingerprint density at radius 3 is 2.61 bits per heavy atom. The molecule has 0 unspecified atom stereocenters. The van der Waals surface area contributed by atoms with Gasteiger partial charge in [0, 0.05) is 37.0 Å². The van der Waals surface area contributed by atoms with Gasteiger partial charge < -0.3 is 9.73 Å². The van der Waals surface area contributed by atoms with Gasteiger partial charge in [-0.25, -0.2) is 15.0 Å². The lowest BCUT2D eigenvalue weighted by molar-refractivity contribution is 0.522.